The Morgan fingerprint density at radius 3 is 2.26 bits per heavy atom. The van der Waals surface area contributed by atoms with Gasteiger partial charge >= 0.3 is 5.97 Å². The first kappa shape index (κ1) is 19.2. The highest BCUT2D eigenvalue weighted by molar-refractivity contribution is 5.99. The Bertz CT molecular complexity index is 696. The molecule has 7 heteroatoms. The van der Waals surface area contributed by atoms with Crippen LogP contribution in [0.4, 0.5) is 11.4 Å². The molecule has 27 heavy (non-hydrogen) atoms. The molecule has 0 spiro atoms. The molecule has 2 aliphatic heterocycles. The Morgan fingerprint density at radius 1 is 1.04 bits per heavy atom. The van der Waals surface area contributed by atoms with E-state index >= 15 is 0 Å². The third-order valence-electron chi connectivity index (χ3n) is 5.21. The largest absolute Gasteiger partial charge is 0.466 e. The van der Waals surface area contributed by atoms with Crippen molar-refractivity contribution in [2.24, 2.45) is 5.92 Å². The van der Waals surface area contributed by atoms with E-state index in [0.29, 0.717) is 19.6 Å². The molecule has 2 aliphatic rings. The van der Waals surface area contributed by atoms with Gasteiger partial charge in [-0.15, -0.1) is 0 Å². The van der Waals surface area contributed by atoms with Crippen LogP contribution in [0.15, 0.2) is 24.3 Å². The molecule has 7 nitrogen and oxygen atoms in total. The van der Waals surface area contributed by atoms with Gasteiger partial charge in [0.1, 0.15) is 0 Å². The quantitative estimate of drug-likeness (QED) is 0.734. The lowest BCUT2D eigenvalue weighted by atomic mass is 10.1. The van der Waals surface area contributed by atoms with Gasteiger partial charge in [-0.3, -0.25) is 14.4 Å². The normalized spacial score (nSPS) is 20.1. The van der Waals surface area contributed by atoms with Crippen molar-refractivity contribution in [1.29, 1.82) is 0 Å². The summed E-state index contributed by atoms with van der Waals surface area (Å²) in [6.45, 7) is 7.44. The second-order valence-corrected chi connectivity index (χ2v) is 6.90. The van der Waals surface area contributed by atoms with Crippen molar-refractivity contribution < 1.29 is 19.1 Å². The molecular weight excluding hydrogens is 346 g/mol. The lowest BCUT2D eigenvalue weighted by molar-refractivity contribution is -0.147. The number of hydrogen-bond donors (Lipinski definition) is 0. The predicted octanol–water partition coefficient (Wildman–Crippen LogP) is 1.66. The molecule has 1 unspecified atom stereocenters. The summed E-state index contributed by atoms with van der Waals surface area (Å²) in [7, 11) is 0. The van der Waals surface area contributed by atoms with Gasteiger partial charge in [0.05, 0.1) is 12.5 Å². The lowest BCUT2D eigenvalue weighted by Crippen LogP contribution is -2.48. The van der Waals surface area contributed by atoms with Gasteiger partial charge in [0.2, 0.25) is 11.8 Å². The van der Waals surface area contributed by atoms with E-state index in [1.54, 1.807) is 11.8 Å². The lowest BCUT2D eigenvalue weighted by Gasteiger charge is -2.36. The molecule has 2 fully saturated rings. The van der Waals surface area contributed by atoms with E-state index < -0.39 is 0 Å². The maximum Gasteiger partial charge on any atom is 0.311 e. The number of amides is 2. The van der Waals surface area contributed by atoms with E-state index in [0.717, 1.165) is 37.6 Å². The smallest absolute Gasteiger partial charge is 0.311 e. The van der Waals surface area contributed by atoms with Crippen LogP contribution in [0.2, 0.25) is 0 Å². The number of esters is 1. The molecular formula is C20H27N3O4. The highest BCUT2D eigenvalue weighted by atomic mass is 16.5. The van der Waals surface area contributed by atoms with Gasteiger partial charge in [0.25, 0.3) is 0 Å². The fraction of sp³-hybridized carbons (Fsp3) is 0.550. The third kappa shape index (κ3) is 4.23. The molecule has 0 saturated carbocycles. The number of nitrogens with zero attached hydrogens (tertiary/aromatic N) is 3. The van der Waals surface area contributed by atoms with Crippen molar-refractivity contribution in [1.82, 2.24) is 4.90 Å². The molecule has 2 saturated heterocycles. The summed E-state index contributed by atoms with van der Waals surface area (Å²) in [5, 5.41) is 0. The van der Waals surface area contributed by atoms with Gasteiger partial charge in [0.15, 0.2) is 0 Å². The molecule has 2 heterocycles. The Kier molecular flexibility index (Phi) is 5.98. The minimum Gasteiger partial charge on any atom is -0.466 e. The topological polar surface area (TPSA) is 70.2 Å². The van der Waals surface area contributed by atoms with Crippen LogP contribution >= 0.6 is 0 Å². The summed E-state index contributed by atoms with van der Waals surface area (Å²) < 4.78 is 5.04. The molecule has 2 amide bonds. The molecule has 146 valence electrons. The van der Waals surface area contributed by atoms with E-state index in [1.165, 1.54) is 0 Å². The van der Waals surface area contributed by atoms with Gasteiger partial charge in [-0.05, 0) is 31.2 Å². The van der Waals surface area contributed by atoms with Crippen LogP contribution in [-0.2, 0) is 19.1 Å². The number of rotatable bonds is 5. The second-order valence-electron chi connectivity index (χ2n) is 6.90. The van der Waals surface area contributed by atoms with Crippen molar-refractivity contribution in [3.05, 3.63) is 24.3 Å². The molecule has 3 rings (SSSR count). The minimum atomic E-state index is -0.388. The summed E-state index contributed by atoms with van der Waals surface area (Å²) >= 11 is 0. The van der Waals surface area contributed by atoms with Crippen LogP contribution in [-0.4, -0.2) is 62.0 Å². The van der Waals surface area contributed by atoms with Crippen LogP contribution in [0.25, 0.3) is 0 Å². The molecule has 0 aliphatic carbocycles. The molecule has 0 radical (unpaired) electrons. The number of benzene rings is 1. The Labute approximate surface area is 159 Å². The Hall–Kier alpha value is -2.57. The maximum absolute atomic E-state index is 12.3. The number of carbonyl (C=O) groups excluding carboxylic acids is 3. The van der Waals surface area contributed by atoms with Crippen LogP contribution in [0.3, 0.4) is 0 Å². The molecule has 0 aromatic heterocycles. The van der Waals surface area contributed by atoms with E-state index in [-0.39, 0.29) is 30.1 Å². The number of ether oxygens (including phenoxy) is 1. The van der Waals surface area contributed by atoms with Crippen LogP contribution in [0.5, 0.6) is 0 Å². The first-order valence-electron chi connectivity index (χ1n) is 9.63. The molecule has 0 bridgehead atoms. The first-order chi connectivity index (χ1) is 13.0. The monoisotopic (exact) mass is 373 g/mol. The van der Waals surface area contributed by atoms with E-state index in [1.807, 2.05) is 36.1 Å². The van der Waals surface area contributed by atoms with Crippen LogP contribution < -0.4 is 9.80 Å². The summed E-state index contributed by atoms with van der Waals surface area (Å²) in [6, 6.07) is 7.84. The fourth-order valence-electron chi connectivity index (χ4n) is 3.66. The third-order valence-corrected chi connectivity index (χ3v) is 5.21. The second kappa shape index (κ2) is 8.41. The van der Waals surface area contributed by atoms with E-state index in [2.05, 4.69) is 4.90 Å². The van der Waals surface area contributed by atoms with E-state index in [9.17, 15) is 14.4 Å². The Balaban J connectivity index is 1.60. The average molecular weight is 373 g/mol. The highest BCUT2D eigenvalue weighted by Gasteiger charge is 2.36. The van der Waals surface area contributed by atoms with Gasteiger partial charge in [-0.1, -0.05) is 6.92 Å². The van der Waals surface area contributed by atoms with Crippen molar-refractivity contribution in [2.75, 3.05) is 49.1 Å². The summed E-state index contributed by atoms with van der Waals surface area (Å²) in [5.74, 6) is -0.535. The predicted molar refractivity (Wildman–Crippen MR) is 103 cm³/mol. The molecule has 1 atom stereocenters. The summed E-state index contributed by atoms with van der Waals surface area (Å²) in [5.41, 5.74) is 1.88. The van der Waals surface area contributed by atoms with Crippen LogP contribution in [0.1, 0.15) is 26.7 Å². The highest BCUT2D eigenvalue weighted by Crippen LogP contribution is 2.28. The average Bonchev–Trinajstić information content (AvgIpc) is 3.09. The zero-order valence-electron chi connectivity index (χ0n) is 16.0. The SMILES string of the molecule is CCOC(=O)C1CC(=O)N(c2ccc(N3CCN(C(=O)CC)CC3)cc2)C1. The summed E-state index contributed by atoms with van der Waals surface area (Å²) in [6.07, 6.45) is 0.749. The first-order valence-corrected chi connectivity index (χ1v) is 9.63. The number of carbonyl (C=O) groups is 3. The van der Waals surface area contributed by atoms with E-state index in [4.69, 9.17) is 4.74 Å². The van der Waals surface area contributed by atoms with Gasteiger partial charge in [0, 0.05) is 56.9 Å². The molecule has 0 N–H and O–H groups in total. The number of piperazine rings is 1. The zero-order valence-corrected chi connectivity index (χ0v) is 16.0. The van der Waals surface area contributed by atoms with Gasteiger partial charge in [-0.2, -0.15) is 0 Å². The minimum absolute atomic E-state index is 0.0486. The van der Waals surface area contributed by atoms with Crippen molar-refractivity contribution in [3.8, 4) is 0 Å². The van der Waals surface area contributed by atoms with Crippen molar-refractivity contribution in [3.63, 3.8) is 0 Å². The zero-order chi connectivity index (χ0) is 19.4. The molecule has 1 aromatic rings. The van der Waals surface area contributed by atoms with Crippen molar-refractivity contribution in [2.45, 2.75) is 26.7 Å². The van der Waals surface area contributed by atoms with Crippen molar-refractivity contribution >= 4 is 29.2 Å². The number of hydrogen-bond acceptors (Lipinski definition) is 5. The summed E-state index contributed by atoms with van der Waals surface area (Å²) in [4.78, 5) is 41.8. The van der Waals surface area contributed by atoms with Crippen LogP contribution in [0, 0.1) is 5.92 Å². The van der Waals surface area contributed by atoms with Gasteiger partial charge < -0.3 is 19.4 Å². The molecule has 1 aromatic carbocycles. The fourth-order valence-corrected chi connectivity index (χ4v) is 3.66. The maximum atomic E-state index is 12.3. The standard InChI is InChI=1S/C20H27N3O4/c1-3-18(24)22-11-9-21(10-12-22)16-5-7-17(8-6-16)23-14-15(13-19(23)25)20(26)27-4-2/h5-8,15H,3-4,9-14H2,1-2H3. The van der Waals surface area contributed by atoms with Gasteiger partial charge in [-0.25, -0.2) is 0 Å². The Morgan fingerprint density at radius 2 is 1.67 bits per heavy atom. The number of anilines is 2.